The Balaban J connectivity index is 4.51. The van der Waals surface area contributed by atoms with Crippen molar-refractivity contribution in [3.63, 3.8) is 0 Å². The minimum Gasteiger partial charge on any atom is -0.480 e. The monoisotopic (exact) mass is 779 g/mol. The number of nitrogens with two attached hydrogens (primary N) is 1. The van der Waals surface area contributed by atoms with Crippen molar-refractivity contribution >= 4 is 25.7 Å². The van der Waals surface area contributed by atoms with E-state index in [1.807, 2.05) is 18.2 Å². The molecule has 0 aromatic carbocycles. The molecule has 308 valence electrons. The number of phosphoric ester groups is 1. The second-order valence-corrected chi connectivity index (χ2v) is 14.5. The van der Waals surface area contributed by atoms with Crippen LogP contribution in [-0.4, -0.2) is 59.9 Å². The van der Waals surface area contributed by atoms with Gasteiger partial charge in [0.15, 0.2) is 6.10 Å². The highest BCUT2D eigenvalue weighted by molar-refractivity contribution is 7.47. The van der Waals surface area contributed by atoms with Crippen LogP contribution in [0.4, 0.5) is 0 Å². The highest BCUT2D eigenvalue weighted by Gasteiger charge is 2.28. The molecular weight excluding hydrogens is 709 g/mol. The third-order valence-electron chi connectivity index (χ3n) is 7.95. The smallest absolute Gasteiger partial charge is 0.472 e. The lowest BCUT2D eigenvalue weighted by molar-refractivity contribution is -0.161. The molecule has 0 aromatic rings. The first kappa shape index (κ1) is 50.9. The van der Waals surface area contributed by atoms with Crippen LogP contribution in [0.5, 0.6) is 0 Å². The molecule has 0 aliphatic carbocycles. The lowest BCUT2D eigenvalue weighted by Gasteiger charge is -2.20. The molecule has 0 aromatic heterocycles. The molecule has 0 spiro atoms. The third kappa shape index (κ3) is 35.9. The van der Waals surface area contributed by atoms with Crippen LogP contribution in [0, 0.1) is 0 Å². The molecule has 0 aliphatic heterocycles. The molecule has 0 saturated carbocycles. The van der Waals surface area contributed by atoms with Gasteiger partial charge in [-0.2, -0.15) is 0 Å². The number of hydrogen-bond acceptors (Lipinski definition) is 9. The van der Waals surface area contributed by atoms with Crippen LogP contribution in [0.3, 0.4) is 0 Å². The van der Waals surface area contributed by atoms with E-state index in [2.05, 4.69) is 73.1 Å². The molecular formula is C42H70NO10P. The molecule has 12 heteroatoms. The van der Waals surface area contributed by atoms with Gasteiger partial charge < -0.3 is 25.2 Å². The van der Waals surface area contributed by atoms with Gasteiger partial charge in [0.25, 0.3) is 0 Å². The number of carboxylic acids is 1. The number of hydrogen-bond donors (Lipinski definition) is 3. The average Bonchev–Trinajstić information content (AvgIpc) is 3.14. The van der Waals surface area contributed by atoms with Crippen molar-refractivity contribution < 1.29 is 47.5 Å². The summed E-state index contributed by atoms with van der Waals surface area (Å²) in [5.74, 6) is -2.50. The molecule has 0 fully saturated rings. The number of carboxylic acid groups (broad SMARTS) is 1. The Morgan fingerprint density at radius 3 is 1.63 bits per heavy atom. The average molecular weight is 780 g/mol. The molecule has 54 heavy (non-hydrogen) atoms. The van der Waals surface area contributed by atoms with E-state index in [9.17, 15) is 23.8 Å². The summed E-state index contributed by atoms with van der Waals surface area (Å²) in [6.07, 6.45) is 42.8. The van der Waals surface area contributed by atoms with Gasteiger partial charge in [-0.15, -0.1) is 0 Å². The number of unbranched alkanes of at least 4 members (excludes halogenated alkanes) is 10. The maximum atomic E-state index is 12.5. The lowest BCUT2D eigenvalue weighted by Crippen LogP contribution is -2.34. The van der Waals surface area contributed by atoms with E-state index in [1.165, 1.54) is 38.5 Å². The Bertz CT molecular complexity index is 1190. The summed E-state index contributed by atoms with van der Waals surface area (Å²) in [4.78, 5) is 45.8. The zero-order chi connectivity index (χ0) is 40.0. The van der Waals surface area contributed by atoms with Crippen LogP contribution in [0.25, 0.3) is 0 Å². The van der Waals surface area contributed by atoms with Crippen molar-refractivity contribution in [1.82, 2.24) is 0 Å². The molecule has 0 radical (unpaired) electrons. The third-order valence-corrected chi connectivity index (χ3v) is 8.90. The quantitative estimate of drug-likeness (QED) is 0.0239. The number of phosphoric acid groups is 1. The van der Waals surface area contributed by atoms with Gasteiger partial charge in [0, 0.05) is 12.8 Å². The number of ether oxygens (including phenoxy) is 2. The minimum atomic E-state index is -4.74. The number of rotatable bonds is 36. The van der Waals surface area contributed by atoms with Gasteiger partial charge in [0.05, 0.1) is 13.2 Å². The number of allylic oxidation sites excluding steroid dienone is 12. The van der Waals surface area contributed by atoms with Gasteiger partial charge >= 0.3 is 25.7 Å². The number of aliphatic carboxylic acids is 1. The van der Waals surface area contributed by atoms with Gasteiger partial charge in [-0.3, -0.25) is 23.4 Å². The molecule has 11 nitrogen and oxygen atoms in total. The van der Waals surface area contributed by atoms with E-state index < -0.39 is 51.1 Å². The van der Waals surface area contributed by atoms with Crippen molar-refractivity contribution in [2.24, 2.45) is 5.73 Å². The lowest BCUT2D eigenvalue weighted by atomic mass is 10.1. The summed E-state index contributed by atoms with van der Waals surface area (Å²) < 4.78 is 32.5. The molecule has 0 heterocycles. The maximum absolute atomic E-state index is 12.5. The van der Waals surface area contributed by atoms with Crippen molar-refractivity contribution in [3.05, 3.63) is 72.9 Å². The molecule has 0 amide bonds. The van der Waals surface area contributed by atoms with Crippen molar-refractivity contribution in [3.8, 4) is 0 Å². The summed E-state index contributed by atoms with van der Waals surface area (Å²) in [5.41, 5.74) is 5.31. The van der Waals surface area contributed by atoms with Gasteiger partial charge in [-0.05, 0) is 70.6 Å². The second-order valence-electron chi connectivity index (χ2n) is 13.0. The Morgan fingerprint density at radius 1 is 0.593 bits per heavy atom. The molecule has 0 aliphatic rings. The van der Waals surface area contributed by atoms with Crippen LogP contribution in [0.1, 0.15) is 142 Å². The summed E-state index contributed by atoms with van der Waals surface area (Å²) in [6.45, 7) is 2.55. The van der Waals surface area contributed by atoms with E-state index in [0.29, 0.717) is 12.8 Å². The maximum Gasteiger partial charge on any atom is 0.472 e. The Hall–Kier alpha value is -3.08. The van der Waals surface area contributed by atoms with Gasteiger partial charge in [0.1, 0.15) is 12.6 Å². The Labute approximate surface area is 325 Å². The summed E-state index contributed by atoms with van der Waals surface area (Å²) >= 11 is 0. The Morgan fingerprint density at radius 2 is 1.07 bits per heavy atom. The highest BCUT2D eigenvalue weighted by atomic mass is 31.2. The van der Waals surface area contributed by atoms with Crippen LogP contribution in [0.15, 0.2) is 72.9 Å². The SMILES string of the molecule is CC/C=C\C/C=C\C/C=C\C/C=C\CCC(=O)OC(COC(=O)CCCCCCCCC/C=C\C/C=C\CCCCC)COP(=O)(O)OCC(N)C(=O)O. The largest absolute Gasteiger partial charge is 0.480 e. The van der Waals surface area contributed by atoms with E-state index in [-0.39, 0.29) is 19.4 Å². The van der Waals surface area contributed by atoms with Crippen molar-refractivity contribution in [1.29, 1.82) is 0 Å². The molecule has 3 atom stereocenters. The number of esters is 2. The minimum absolute atomic E-state index is 0.0347. The number of carbonyl (C=O) groups excluding carboxylic acids is 2. The molecule has 3 unspecified atom stereocenters. The summed E-state index contributed by atoms with van der Waals surface area (Å²) in [6, 6.07) is -1.54. The van der Waals surface area contributed by atoms with Crippen LogP contribution < -0.4 is 5.73 Å². The normalized spacial score (nSPS) is 14.6. The fraction of sp³-hybridized carbons (Fsp3) is 0.643. The summed E-state index contributed by atoms with van der Waals surface area (Å²) in [5, 5.41) is 8.86. The summed E-state index contributed by atoms with van der Waals surface area (Å²) in [7, 11) is -4.74. The molecule has 0 rings (SSSR count). The number of carbonyl (C=O) groups is 3. The topological polar surface area (TPSA) is 172 Å². The van der Waals surface area contributed by atoms with Crippen molar-refractivity contribution in [2.45, 2.75) is 154 Å². The first-order valence-electron chi connectivity index (χ1n) is 20.0. The van der Waals surface area contributed by atoms with E-state index in [1.54, 1.807) is 0 Å². The Kier molecular flexibility index (Phi) is 34.8. The van der Waals surface area contributed by atoms with Gasteiger partial charge in [-0.1, -0.05) is 132 Å². The van der Waals surface area contributed by atoms with E-state index in [4.69, 9.17) is 24.8 Å². The first-order valence-corrected chi connectivity index (χ1v) is 21.5. The zero-order valence-corrected chi connectivity index (χ0v) is 33.9. The fourth-order valence-corrected chi connectivity index (χ4v) is 5.59. The standard InChI is InChI=1S/C42H70NO10P/c1-3-5-7-9-11-13-15-17-18-19-20-22-23-25-27-29-31-33-40(44)50-35-38(36-51-54(48,49)52-37-39(43)42(46)47)53-41(45)34-32-30-28-26-24-21-16-14-12-10-8-6-4-2/h6,8,11-14,17-18,21,24,28,30,38-39H,3-5,7,9-10,15-16,19-20,22-23,25-27,29,31-37,43H2,1-2H3,(H,46,47)(H,48,49)/b8-6-,13-11-,14-12-,18-17-,24-21-,30-28-. The van der Waals surface area contributed by atoms with Crippen LogP contribution >= 0.6 is 7.82 Å². The van der Waals surface area contributed by atoms with E-state index in [0.717, 1.165) is 64.2 Å². The van der Waals surface area contributed by atoms with E-state index >= 15 is 0 Å². The first-order chi connectivity index (χ1) is 26.1. The van der Waals surface area contributed by atoms with Gasteiger partial charge in [0.2, 0.25) is 0 Å². The van der Waals surface area contributed by atoms with Crippen LogP contribution in [0.2, 0.25) is 0 Å². The van der Waals surface area contributed by atoms with Crippen molar-refractivity contribution in [2.75, 3.05) is 19.8 Å². The predicted octanol–water partition coefficient (Wildman–Crippen LogP) is 10.2. The molecule has 0 bridgehead atoms. The highest BCUT2D eigenvalue weighted by Crippen LogP contribution is 2.43. The van der Waals surface area contributed by atoms with Crippen LogP contribution in [-0.2, 0) is 37.5 Å². The van der Waals surface area contributed by atoms with Gasteiger partial charge in [-0.25, -0.2) is 4.57 Å². The fourth-order valence-electron chi connectivity index (χ4n) is 4.81. The predicted molar refractivity (Wildman–Crippen MR) is 217 cm³/mol. The second kappa shape index (κ2) is 36.9. The zero-order valence-electron chi connectivity index (χ0n) is 33.0. The molecule has 4 N–H and O–H groups in total. The molecule has 0 saturated heterocycles.